The summed E-state index contributed by atoms with van der Waals surface area (Å²) in [6.07, 6.45) is -1.37. The Morgan fingerprint density at radius 3 is 2.69 bits per heavy atom. The van der Waals surface area contributed by atoms with E-state index in [4.69, 9.17) is 16.2 Å². The molecule has 0 aromatic carbocycles. The Morgan fingerprint density at radius 1 is 1.22 bits per heavy atom. The Balaban J connectivity index is 1.39. The summed E-state index contributed by atoms with van der Waals surface area (Å²) >= 11 is 0. The Labute approximate surface area is 202 Å². The molecule has 0 spiro atoms. The van der Waals surface area contributed by atoms with Crippen LogP contribution in [0.2, 0.25) is 0 Å². The number of amides is 1. The number of primary amides is 1. The van der Waals surface area contributed by atoms with Crippen LogP contribution in [0.3, 0.4) is 0 Å². The van der Waals surface area contributed by atoms with Crippen LogP contribution >= 0.6 is 16.3 Å². The summed E-state index contributed by atoms with van der Waals surface area (Å²) in [5.74, 6) is -0.798. The number of hydrogen-bond donors (Lipinski definition) is 6. The zero-order chi connectivity index (χ0) is 26.3. The molecular formula is C16H20N7O11P2+. The molecule has 3 aromatic rings. The van der Waals surface area contributed by atoms with Crippen LogP contribution in [0.25, 0.3) is 11.2 Å². The number of pyridine rings is 1. The highest BCUT2D eigenvalue weighted by atomic mass is 31.3. The van der Waals surface area contributed by atoms with Gasteiger partial charge in [0.25, 0.3) is 5.91 Å². The molecule has 1 amide bonds. The van der Waals surface area contributed by atoms with Crippen LogP contribution in [-0.4, -0.2) is 70.3 Å². The van der Waals surface area contributed by atoms with E-state index < -0.39 is 53.4 Å². The van der Waals surface area contributed by atoms with Crippen LogP contribution in [0.15, 0.2) is 37.2 Å². The molecule has 4 heterocycles. The number of hydrogen-bond acceptors (Lipinski definition) is 15. The second kappa shape index (κ2) is 9.97. The summed E-state index contributed by atoms with van der Waals surface area (Å²) in [5.41, 5.74) is 11.1. The van der Waals surface area contributed by atoms with Gasteiger partial charge in [-0.15, -0.1) is 0 Å². The quantitative estimate of drug-likeness (QED) is 0.109. The monoisotopic (exact) mass is 548 g/mol. The van der Waals surface area contributed by atoms with Gasteiger partial charge in [-0.3, -0.25) is 9.36 Å². The van der Waals surface area contributed by atoms with Gasteiger partial charge in [-0.1, -0.05) is 4.62 Å². The van der Waals surface area contributed by atoms with E-state index in [1.165, 1.54) is 23.0 Å². The van der Waals surface area contributed by atoms with Crippen LogP contribution < -0.4 is 30.6 Å². The highest BCUT2D eigenvalue weighted by molar-refractivity contribution is 7.66. The number of nitrogens with zero attached hydrogens (tertiary/aromatic N) is 5. The Kier molecular flexibility index (Phi) is 7.29. The molecule has 0 bridgehead atoms. The molecule has 1 fully saturated rings. The third-order valence-electron chi connectivity index (χ3n) is 4.86. The highest BCUT2D eigenvalue weighted by Gasteiger charge is 2.53. The number of carbonyl (C=O) groups is 1. The molecular weight excluding hydrogens is 528 g/mol. The lowest BCUT2D eigenvalue weighted by Crippen LogP contribution is -2.46. The minimum atomic E-state index is -5.28. The number of imidazole rings is 1. The van der Waals surface area contributed by atoms with Crippen molar-refractivity contribution in [2.75, 3.05) is 12.3 Å². The Bertz CT molecular complexity index is 1260. The van der Waals surface area contributed by atoms with Crippen LogP contribution in [0.1, 0.15) is 16.6 Å². The lowest BCUT2D eigenvalue weighted by Gasteiger charge is -2.22. The summed E-state index contributed by atoms with van der Waals surface area (Å²) in [7, 11) is -10.6. The molecule has 1 aliphatic rings. The van der Waals surface area contributed by atoms with Crippen molar-refractivity contribution >= 4 is 39.2 Å². The summed E-state index contributed by atoms with van der Waals surface area (Å²) < 4.78 is 20.8. The minimum absolute atomic E-state index is 0.0696. The van der Waals surface area contributed by atoms with Gasteiger partial charge in [-0.05, 0) is 6.07 Å². The first-order valence-electron chi connectivity index (χ1n) is 9.84. The van der Waals surface area contributed by atoms with Gasteiger partial charge in [0, 0.05) is 10.4 Å². The second-order valence-electron chi connectivity index (χ2n) is 7.34. The van der Waals surface area contributed by atoms with E-state index in [9.17, 15) is 34.6 Å². The SMILES string of the molecule is NC(=O)c1ccc[n+](O[P+]([O-])(O)O[P+]([O-])(O)OC[C@H]2O[C@@H](n3cnc4c(N)ncnc43)[C@H](O)[C@@H]2O)c1. The number of phosphoric ester groups is 1. The molecule has 2 unspecified atom stereocenters. The predicted octanol–water partition coefficient (Wildman–Crippen LogP) is -4.36. The molecule has 20 heteroatoms. The molecule has 0 radical (unpaired) electrons. The fourth-order valence-electron chi connectivity index (χ4n) is 3.26. The van der Waals surface area contributed by atoms with Crippen LogP contribution in [-0.2, 0) is 13.6 Å². The van der Waals surface area contributed by atoms with Gasteiger partial charge in [0.1, 0.15) is 42.3 Å². The van der Waals surface area contributed by atoms with E-state index in [0.717, 1.165) is 18.7 Å². The van der Waals surface area contributed by atoms with E-state index in [-0.39, 0.29) is 22.5 Å². The molecule has 1 aliphatic heterocycles. The largest absolute Gasteiger partial charge is 0.603 e. The first-order valence-corrected chi connectivity index (χ1v) is 12.8. The molecule has 8 N–H and O–H groups in total. The Hall–Kier alpha value is -2.73. The van der Waals surface area contributed by atoms with Gasteiger partial charge in [0.05, 0.1) is 11.1 Å². The fraction of sp³-hybridized carbons (Fsp3) is 0.312. The van der Waals surface area contributed by atoms with Crippen molar-refractivity contribution in [2.24, 2.45) is 5.73 Å². The van der Waals surface area contributed by atoms with Gasteiger partial charge in [0.15, 0.2) is 17.7 Å². The Morgan fingerprint density at radius 2 is 1.97 bits per heavy atom. The molecule has 18 nitrogen and oxygen atoms in total. The van der Waals surface area contributed by atoms with E-state index >= 15 is 0 Å². The number of anilines is 1. The van der Waals surface area contributed by atoms with E-state index in [0.29, 0.717) is 4.73 Å². The standard InChI is InChI=1S/C16H19N7O11P2/c17-13-10-15(20-6-19-13)23(7-21-10)16-12(25)11(24)9(32-16)5-31-35(27,28)34-36(29,30)33-22-3-1-2-8(4-22)14(18)26/h1-4,6-7,9,11-12,16,24-25H,5H2,(H5-,17,18,19,20,26,27,28,29,30)/p+1/t9-,11-,12-,16-/m1/s1. The fourth-order valence-corrected chi connectivity index (χ4v) is 5.29. The number of fused-ring (bicyclic) bond motifs is 1. The summed E-state index contributed by atoms with van der Waals surface area (Å²) in [6.45, 7) is -0.851. The number of nitrogen functional groups attached to an aromatic ring is 1. The summed E-state index contributed by atoms with van der Waals surface area (Å²) in [6, 6.07) is 2.54. The highest BCUT2D eigenvalue weighted by Crippen LogP contribution is 2.63. The summed E-state index contributed by atoms with van der Waals surface area (Å²) in [4.78, 5) is 67.1. The van der Waals surface area contributed by atoms with Gasteiger partial charge in [-0.2, -0.15) is 14.3 Å². The lowest BCUT2D eigenvalue weighted by molar-refractivity contribution is -0.865. The first kappa shape index (κ1) is 26.3. The molecule has 0 saturated carbocycles. The molecule has 1 saturated heterocycles. The van der Waals surface area contributed by atoms with Crippen molar-refractivity contribution in [1.29, 1.82) is 0 Å². The van der Waals surface area contributed by atoms with Crippen LogP contribution in [0.5, 0.6) is 0 Å². The number of aromatic nitrogens is 5. The third-order valence-corrected chi connectivity index (χ3v) is 7.39. The number of nitrogens with two attached hydrogens (primary N) is 2. The van der Waals surface area contributed by atoms with E-state index in [1.807, 2.05) is 0 Å². The summed E-state index contributed by atoms with van der Waals surface area (Å²) in [5, 5.41) is 20.7. The maximum absolute atomic E-state index is 12.2. The van der Waals surface area contributed by atoms with Gasteiger partial charge < -0.3 is 36.2 Å². The molecule has 4 rings (SSSR count). The zero-order valence-corrected chi connectivity index (χ0v) is 19.7. The average Bonchev–Trinajstić information content (AvgIpc) is 3.33. The van der Waals surface area contributed by atoms with Crippen molar-refractivity contribution in [1.82, 2.24) is 19.5 Å². The topological polar surface area (TPSA) is 281 Å². The van der Waals surface area contributed by atoms with Crippen LogP contribution in [0, 0.1) is 0 Å². The van der Waals surface area contributed by atoms with Gasteiger partial charge in [0.2, 0.25) is 12.4 Å². The lowest BCUT2D eigenvalue weighted by atomic mass is 10.1. The number of aliphatic hydroxyl groups is 2. The molecule has 3 aromatic heterocycles. The number of rotatable bonds is 9. The van der Waals surface area contributed by atoms with Crippen molar-refractivity contribution in [3.8, 4) is 0 Å². The average molecular weight is 548 g/mol. The number of carbonyl (C=O) groups excluding carboxylic acids is 1. The van der Waals surface area contributed by atoms with E-state index in [2.05, 4.69) is 28.4 Å². The number of aliphatic hydroxyl groups excluding tert-OH is 2. The van der Waals surface area contributed by atoms with Crippen molar-refractivity contribution < 1.29 is 57.5 Å². The molecule has 194 valence electrons. The normalized spacial score (nSPS) is 25.4. The zero-order valence-electron chi connectivity index (χ0n) is 17.9. The van der Waals surface area contributed by atoms with Crippen molar-refractivity contribution in [3.63, 3.8) is 0 Å². The maximum atomic E-state index is 12.2. The van der Waals surface area contributed by atoms with E-state index in [1.54, 1.807) is 0 Å². The predicted molar refractivity (Wildman–Crippen MR) is 113 cm³/mol. The first-order chi connectivity index (χ1) is 16.9. The van der Waals surface area contributed by atoms with Gasteiger partial charge in [-0.25, -0.2) is 15.0 Å². The van der Waals surface area contributed by atoms with Crippen molar-refractivity contribution in [2.45, 2.75) is 24.5 Å². The van der Waals surface area contributed by atoms with Crippen LogP contribution in [0.4, 0.5) is 5.82 Å². The smallest absolute Gasteiger partial charge is 0.561 e. The maximum Gasteiger partial charge on any atom is 0.561 e. The second-order valence-corrected chi connectivity index (χ2v) is 10.3. The number of phosphoric acid groups is 2. The van der Waals surface area contributed by atoms with Crippen molar-refractivity contribution in [3.05, 3.63) is 42.7 Å². The third kappa shape index (κ3) is 5.64. The molecule has 6 atom stereocenters. The molecule has 36 heavy (non-hydrogen) atoms. The van der Waals surface area contributed by atoms with Gasteiger partial charge >= 0.3 is 16.3 Å². The number of ether oxygens (including phenoxy) is 1. The minimum Gasteiger partial charge on any atom is -0.603 e. The molecule has 0 aliphatic carbocycles.